The van der Waals surface area contributed by atoms with E-state index in [9.17, 15) is 0 Å². The van der Waals surface area contributed by atoms with Crippen molar-refractivity contribution in [2.45, 2.75) is 13.8 Å². The average molecular weight is 221 g/mol. The zero-order valence-electron chi connectivity index (χ0n) is 9.32. The van der Waals surface area contributed by atoms with Gasteiger partial charge in [0.2, 0.25) is 5.96 Å². The molecule has 6 heteroatoms. The molecule has 0 bridgehead atoms. The summed E-state index contributed by atoms with van der Waals surface area (Å²) in [6, 6.07) is 1.85. The predicted octanol–water partition coefficient (Wildman–Crippen LogP) is 0.789. The molecule has 0 fully saturated rings. The Morgan fingerprint density at radius 1 is 1.69 bits per heavy atom. The Hall–Kier alpha value is -1.95. The number of hydrazone groups is 1. The number of aryl methyl sites for hydroxylation is 1. The van der Waals surface area contributed by atoms with Crippen molar-refractivity contribution in [1.82, 2.24) is 15.9 Å². The highest BCUT2D eigenvalue weighted by Crippen LogP contribution is 2.00. The van der Waals surface area contributed by atoms with Gasteiger partial charge in [0.1, 0.15) is 0 Å². The van der Waals surface area contributed by atoms with Crippen molar-refractivity contribution < 1.29 is 4.84 Å². The molecule has 0 saturated carbocycles. The van der Waals surface area contributed by atoms with Crippen LogP contribution in [0.25, 0.3) is 0 Å². The highest BCUT2D eigenvalue weighted by atomic mass is 16.6. The Balaban J connectivity index is 2.43. The lowest BCUT2D eigenvalue weighted by Crippen LogP contribution is -2.33. The molecule has 0 aliphatic carbocycles. The SMILES string of the molecule is CCONC(=N)N/N=C/c1ccncc1C. The van der Waals surface area contributed by atoms with Crippen LogP contribution in [-0.4, -0.2) is 23.8 Å². The van der Waals surface area contributed by atoms with E-state index in [1.807, 2.05) is 19.9 Å². The van der Waals surface area contributed by atoms with Crippen LogP contribution in [0.2, 0.25) is 0 Å². The monoisotopic (exact) mass is 221 g/mol. The first kappa shape index (κ1) is 12.1. The van der Waals surface area contributed by atoms with E-state index < -0.39 is 0 Å². The first-order valence-electron chi connectivity index (χ1n) is 4.90. The Kier molecular flexibility index (Phi) is 4.94. The average Bonchev–Trinajstić information content (AvgIpc) is 2.29. The molecule has 0 aliphatic heterocycles. The zero-order chi connectivity index (χ0) is 11.8. The number of aromatic nitrogens is 1. The van der Waals surface area contributed by atoms with E-state index in [2.05, 4.69) is 21.0 Å². The summed E-state index contributed by atoms with van der Waals surface area (Å²) in [6.07, 6.45) is 5.07. The van der Waals surface area contributed by atoms with Crippen LogP contribution in [0.5, 0.6) is 0 Å². The molecule has 0 unspecified atom stereocenters. The van der Waals surface area contributed by atoms with Gasteiger partial charge in [-0.15, -0.1) is 0 Å². The second-order valence-corrected chi connectivity index (χ2v) is 3.01. The molecular formula is C10H15N5O. The van der Waals surface area contributed by atoms with Gasteiger partial charge in [-0.3, -0.25) is 15.2 Å². The van der Waals surface area contributed by atoms with E-state index >= 15 is 0 Å². The number of pyridine rings is 1. The molecule has 1 heterocycles. The van der Waals surface area contributed by atoms with Gasteiger partial charge in [-0.25, -0.2) is 10.9 Å². The molecule has 1 aromatic heterocycles. The smallest absolute Gasteiger partial charge is 0.233 e. The summed E-state index contributed by atoms with van der Waals surface area (Å²) in [4.78, 5) is 8.77. The van der Waals surface area contributed by atoms with Crippen molar-refractivity contribution in [3.8, 4) is 0 Å². The lowest BCUT2D eigenvalue weighted by molar-refractivity contribution is 0.0936. The largest absolute Gasteiger partial charge is 0.274 e. The number of rotatable bonds is 4. The Morgan fingerprint density at radius 3 is 3.19 bits per heavy atom. The van der Waals surface area contributed by atoms with Crippen LogP contribution in [0, 0.1) is 12.3 Å². The minimum absolute atomic E-state index is 0.00944. The summed E-state index contributed by atoms with van der Waals surface area (Å²) in [5, 5.41) is 11.2. The number of nitrogens with one attached hydrogen (secondary N) is 3. The van der Waals surface area contributed by atoms with Crippen LogP contribution in [-0.2, 0) is 4.84 Å². The van der Waals surface area contributed by atoms with Crippen LogP contribution in [0.1, 0.15) is 18.1 Å². The maximum Gasteiger partial charge on any atom is 0.233 e. The van der Waals surface area contributed by atoms with Gasteiger partial charge in [0.25, 0.3) is 0 Å². The molecule has 0 aromatic carbocycles. The predicted molar refractivity (Wildman–Crippen MR) is 62.2 cm³/mol. The molecule has 1 aromatic rings. The molecule has 0 radical (unpaired) electrons. The van der Waals surface area contributed by atoms with Gasteiger partial charge in [0.05, 0.1) is 12.8 Å². The maximum atomic E-state index is 7.34. The molecule has 16 heavy (non-hydrogen) atoms. The summed E-state index contributed by atoms with van der Waals surface area (Å²) >= 11 is 0. The normalized spacial score (nSPS) is 10.4. The van der Waals surface area contributed by atoms with Crippen molar-refractivity contribution in [3.63, 3.8) is 0 Å². The summed E-state index contributed by atoms with van der Waals surface area (Å²) in [6.45, 7) is 4.25. The molecule has 0 aliphatic rings. The maximum absolute atomic E-state index is 7.34. The molecular weight excluding hydrogens is 206 g/mol. The second kappa shape index (κ2) is 6.52. The van der Waals surface area contributed by atoms with E-state index in [4.69, 9.17) is 10.2 Å². The first-order chi connectivity index (χ1) is 7.74. The van der Waals surface area contributed by atoms with Gasteiger partial charge in [-0.05, 0) is 25.5 Å². The molecule has 86 valence electrons. The third kappa shape index (κ3) is 4.05. The Bertz CT molecular complexity index is 377. The van der Waals surface area contributed by atoms with Gasteiger partial charge in [-0.1, -0.05) is 0 Å². The molecule has 0 atom stereocenters. The van der Waals surface area contributed by atoms with E-state index in [-0.39, 0.29) is 5.96 Å². The van der Waals surface area contributed by atoms with Crippen LogP contribution in [0.15, 0.2) is 23.6 Å². The standard InChI is InChI=1S/C10H15N5O/c1-3-16-15-10(11)14-13-7-9-4-5-12-6-8(9)2/h4-7H,3H2,1-2H3,(H3,11,14,15)/b13-7+. The lowest BCUT2D eigenvalue weighted by atomic mass is 10.2. The summed E-state index contributed by atoms with van der Waals surface area (Å²) in [7, 11) is 0. The van der Waals surface area contributed by atoms with Gasteiger partial charge in [-0.2, -0.15) is 5.10 Å². The fourth-order valence-corrected chi connectivity index (χ4v) is 0.963. The van der Waals surface area contributed by atoms with Crippen LogP contribution < -0.4 is 10.9 Å². The number of hydroxylamine groups is 1. The van der Waals surface area contributed by atoms with Crippen molar-refractivity contribution >= 4 is 12.2 Å². The van der Waals surface area contributed by atoms with Crippen LogP contribution in [0.3, 0.4) is 0 Å². The van der Waals surface area contributed by atoms with Crippen LogP contribution >= 0.6 is 0 Å². The molecule has 3 N–H and O–H groups in total. The molecule has 0 saturated heterocycles. The topological polar surface area (TPSA) is 82.4 Å². The van der Waals surface area contributed by atoms with Crippen molar-refractivity contribution in [1.29, 1.82) is 5.41 Å². The third-order valence-corrected chi connectivity index (χ3v) is 1.76. The molecule has 6 nitrogen and oxygen atoms in total. The number of hydrogen-bond donors (Lipinski definition) is 3. The Labute approximate surface area is 94.2 Å². The van der Waals surface area contributed by atoms with Crippen molar-refractivity contribution in [2.75, 3.05) is 6.61 Å². The van der Waals surface area contributed by atoms with Crippen molar-refractivity contribution in [3.05, 3.63) is 29.6 Å². The molecule has 1 rings (SSSR count). The third-order valence-electron chi connectivity index (χ3n) is 1.76. The van der Waals surface area contributed by atoms with Gasteiger partial charge in [0, 0.05) is 18.0 Å². The van der Waals surface area contributed by atoms with Crippen molar-refractivity contribution in [2.24, 2.45) is 5.10 Å². The quantitative estimate of drug-likeness (QED) is 0.399. The highest BCUT2D eigenvalue weighted by Gasteiger charge is 1.93. The van der Waals surface area contributed by atoms with E-state index in [1.54, 1.807) is 18.6 Å². The molecule has 0 amide bonds. The number of guanidine groups is 1. The van der Waals surface area contributed by atoms with E-state index in [0.717, 1.165) is 11.1 Å². The second-order valence-electron chi connectivity index (χ2n) is 3.01. The zero-order valence-corrected chi connectivity index (χ0v) is 9.32. The summed E-state index contributed by atoms with van der Waals surface area (Å²) in [5.74, 6) is -0.00944. The number of nitrogens with zero attached hydrogens (tertiary/aromatic N) is 2. The molecule has 0 spiro atoms. The van der Waals surface area contributed by atoms with Gasteiger partial charge < -0.3 is 0 Å². The fraction of sp³-hybridized carbons (Fsp3) is 0.300. The fourth-order valence-electron chi connectivity index (χ4n) is 0.963. The van der Waals surface area contributed by atoms with Gasteiger partial charge in [0.15, 0.2) is 0 Å². The van der Waals surface area contributed by atoms with E-state index in [1.165, 1.54) is 0 Å². The first-order valence-corrected chi connectivity index (χ1v) is 4.90. The van der Waals surface area contributed by atoms with E-state index in [0.29, 0.717) is 6.61 Å². The summed E-state index contributed by atoms with van der Waals surface area (Å²) in [5.41, 5.74) is 6.84. The van der Waals surface area contributed by atoms with Crippen LogP contribution in [0.4, 0.5) is 0 Å². The Morgan fingerprint density at radius 2 is 2.50 bits per heavy atom. The number of hydrogen-bond acceptors (Lipinski definition) is 4. The van der Waals surface area contributed by atoms with Gasteiger partial charge >= 0.3 is 0 Å². The highest BCUT2D eigenvalue weighted by molar-refractivity contribution is 5.83. The minimum Gasteiger partial charge on any atom is -0.274 e. The lowest BCUT2D eigenvalue weighted by Gasteiger charge is -2.04. The minimum atomic E-state index is -0.00944. The summed E-state index contributed by atoms with van der Waals surface area (Å²) < 4.78 is 0.